The van der Waals surface area contributed by atoms with Crippen molar-refractivity contribution in [1.82, 2.24) is 0 Å². The van der Waals surface area contributed by atoms with Crippen LogP contribution in [0.4, 0.5) is 0 Å². The molecule has 2 heteroatoms. The third-order valence-electron chi connectivity index (χ3n) is 1.68. The molecule has 0 amide bonds. The van der Waals surface area contributed by atoms with Crippen molar-refractivity contribution < 1.29 is 9.90 Å². The lowest BCUT2D eigenvalue weighted by Crippen LogP contribution is -2.06. The van der Waals surface area contributed by atoms with Crippen LogP contribution in [0.5, 0.6) is 0 Å². The quantitative estimate of drug-likeness (QED) is 0.546. The lowest BCUT2D eigenvalue weighted by atomic mass is 10.0. The Labute approximate surface area is 60.6 Å². The summed E-state index contributed by atoms with van der Waals surface area (Å²) in [5.41, 5.74) is 0. The van der Waals surface area contributed by atoms with Gasteiger partial charge in [0.1, 0.15) is 0 Å². The number of carbonyl (C=O) groups is 1. The van der Waals surface area contributed by atoms with E-state index in [1.54, 1.807) is 6.08 Å². The number of carbonyl (C=O) groups excluding carboxylic acids is 1. The highest BCUT2D eigenvalue weighted by Gasteiger charge is 2.05. The molecule has 1 N–H and O–H groups in total. The Morgan fingerprint density at radius 2 is 2.30 bits per heavy atom. The Hall–Kier alpha value is -0.630. The van der Waals surface area contributed by atoms with E-state index in [-0.39, 0.29) is 5.78 Å². The molecule has 0 saturated heterocycles. The number of aliphatic hydroxyl groups excluding tert-OH is 1. The summed E-state index contributed by atoms with van der Waals surface area (Å²) in [5, 5.41) is 9.09. The lowest BCUT2D eigenvalue weighted by Gasteiger charge is -2.07. The average Bonchev–Trinajstić information content (AvgIpc) is 1.90. The first-order valence-corrected chi connectivity index (χ1v) is 3.68. The van der Waals surface area contributed by atoms with Gasteiger partial charge in [-0.1, -0.05) is 12.5 Å². The lowest BCUT2D eigenvalue weighted by molar-refractivity contribution is -0.114. The number of hydrogen-bond acceptors (Lipinski definition) is 2. The molecule has 0 spiro atoms. The first kappa shape index (κ1) is 7.48. The van der Waals surface area contributed by atoms with Gasteiger partial charge in [0.25, 0.3) is 0 Å². The smallest absolute Gasteiger partial charge is 0.155 e. The van der Waals surface area contributed by atoms with Crippen LogP contribution >= 0.6 is 0 Å². The van der Waals surface area contributed by atoms with E-state index in [1.165, 1.54) is 6.08 Å². The highest BCUT2D eigenvalue weighted by atomic mass is 16.3. The van der Waals surface area contributed by atoms with Crippen molar-refractivity contribution in [3.63, 3.8) is 0 Å². The number of rotatable bonds is 0. The minimum absolute atomic E-state index is 0.138. The predicted octanol–water partition coefficient (Wildman–Crippen LogP) is 1.05. The normalized spacial score (nSPS) is 30.9. The molecule has 56 valence electrons. The van der Waals surface area contributed by atoms with Crippen LogP contribution in [0.1, 0.15) is 25.7 Å². The van der Waals surface area contributed by atoms with Gasteiger partial charge in [0.15, 0.2) is 5.78 Å². The minimum Gasteiger partial charge on any atom is -0.389 e. The highest BCUT2D eigenvalue weighted by molar-refractivity contribution is 5.89. The van der Waals surface area contributed by atoms with Gasteiger partial charge >= 0.3 is 0 Å². The van der Waals surface area contributed by atoms with Crippen LogP contribution in [0.15, 0.2) is 12.2 Å². The van der Waals surface area contributed by atoms with Crippen molar-refractivity contribution in [3.05, 3.63) is 12.2 Å². The molecule has 1 atom stereocenters. The second kappa shape index (κ2) is 3.52. The molecule has 1 aliphatic carbocycles. The number of hydrogen-bond donors (Lipinski definition) is 1. The zero-order valence-corrected chi connectivity index (χ0v) is 5.92. The van der Waals surface area contributed by atoms with Crippen molar-refractivity contribution in [2.24, 2.45) is 0 Å². The molecule has 0 fully saturated rings. The van der Waals surface area contributed by atoms with E-state index in [2.05, 4.69) is 0 Å². The molecule has 1 aliphatic rings. The summed E-state index contributed by atoms with van der Waals surface area (Å²) in [6.07, 6.45) is 5.99. The fraction of sp³-hybridized carbons (Fsp3) is 0.625. The second-order valence-corrected chi connectivity index (χ2v) is 2.64. The van der Waals surface area contributed by atoms with Crippen molar-refractivity contribution in [3.8, 4) is 0 Å². The standard InChI is InChI=1S/C8H12O2/c9-7-3-1-2-4-8(10)6-5-7/h5-7,9H,1-4H2/b6-5-/t7-/m0/s1. The van der Waals surface area contributed by atoms with E-state index in [9.17, 15) is 4.79 Å². The number of aliphatic hydroxyl groups is 1. The zero-order chi connectivity index (χ0) is 7.40. The fourth-order valence-corrected chi connectivity index (χ4v) is 1.05. The predicted molar refractivity (Wildman–Crippen MR) is 38.6 cm³/mol. The second-order valence-electron chi connectivity index (χ2n) is 2.64. The van der Waals surface area contributed by atoms with E-state index in [1.807, 2.05) is 0 Å². The first-order valence-electron chi connectivity index (χ1n) is 3.68. The van der Waals surface area contributed by atoms with Gasteiger partial charge in [-0.3, -0.25) is 4.79 Å². The van der Waals surface area contributed by atoms with Crippen LogP contribution in [-0.4, -0.2) is 17.0 Å². The highest BCUT2D eigenvalue weighted by Crippen LogP contribution is 2.08. The number of allylic oxidation sites excluding steroid dienone is 1. The van der Waals surface area contributed by atoms with Gasteiger partial charge in [0.2, 0.25) is 0 Å². The summed E-state index contributed by atoms with van der Waals surface area (Å²) in [6, 6.07) is 0. The Bertz CT molecular complexity index is 149. The summed E-state index contributed by atoms with van der Waals surface area (Å²) >= 11 is 0. The molecule has 1 rings (SSSR count). The molecule has 0 radical (unpaired) electrons. The number of ketones is 1. The molecule has 0 aliphatic heterocycles. The Morgan fingerprint density at radius 3 is 3.10 bits per heavy atom. The maximum atomic E-state index is 10.8. The Kier molecular flexibility index (Phi) is 2.63. The Morgan fingerprint density at radius 1 is 1.50 bits per heavy atom. The van der Waals surface area contributed by atoms with Crippen LogP contribution in [0.2, 0.25) is 0 Å². The maximum absolute atomic E-state index is 10.8. The summed E-state index contributed by atoms with van der Waals surface area (Å²) in [7, 11) is 0. The summed E-state index contributed by atoms with van der Waals surface area (Å²) in [6.45, 7) is 0. The van der Waals surface area contributed by atoms with E-state index in [4.69, 9.17) is 5.11 Å². The summed E-state index contributed by atoms with van der Waals surface area (Å²) < 4.78 is 0. The molecule has 2 nitrogen and oxygen atoms in total. The van der Waals surface area contributed by atoms with E-state index in [0.717, 1.165) is 19.3 Å². The summed E-state index contributed by atoms with van der Waals surface area (Å²) in [5.74, 6) is 0.138. The molecular formula is C8H12O2. The van der Waals surface area contributed by atoms with Gasteiger partial charge in [-0.25, -0.2) is 0 Å². The molecule has 10 heavy (non-hydrogen) atoms. The van der Waals surface area contributed by atoms with E-state index >= 15 is 0 Å². The molecule has 0 aromatic carbocycles. The van der Waals surface area contributed by atoms with E-state index in [0.29, 0.717) is 6.42 Å². The molecule has 0 heterocycles. The van der Waals surface area contributed by atoms with Gasteiger partial charge in [-0.15, -0.1) is 0 Å². The van der Waals surface area contributed by atoms with Crippen molar-refractivity contribution in [2.75, 3.05) is 0 Å². The van der Waals surface area contributed by atoms with Crippen LogP contribution in [-0.2, 0) is 4.79 Å². The van der Waals surface area contributed by atoms with Crippen molar-refractivity contribution in [2.45, 2.75) is 31.8 Å². The molecule has 0 saturated carbocycles. The molecule has 0 bridgehead atoms. The monoisotopic (exact) mass is 140 g/mol. The third-order valence-corrected chi connectivity index (χ3v) is 1.68. The van der Waals surface area contributed by atoms with E-state index < -0.39 is 6.10 Å². The van der Waals surface area contributed by atoms with Gasteiger partial charge in [-0.05, 0) is 18.9 Å². The topological polar surface area (TPSA) is 37.3 Å². The van der Waals surface area contributed by atoms with Crippen molar-refractivity contribution in [1.29, 1.82) is 0 Å². The van der Waals surface area contributed by atoms with Gasteiger partial charge in [-0.2, -0.15) is 0 Å². The fourth-order valence-electron chi connectivity index (χ4n) is 1.05. The molecule has 0 unspecified atom stereocenters. The van der Waals surface area contributed by atoms with Gasteiger partial charge < -0.3 is 5.11 Å². The molecule has 0 aromatic rings. The van der Waals surface area contributed by atoms with Crippen molar-refractivity contribution >= 4 is 5.78 Å². The van der Waals surface area contributed by atoms with Gasteiger partial charge in [0.05, 0.1) is 6.10 Å². The summed E-state index contributed by atoms with van der Waals surface area (Å²) in [4.78, 5) is 10.8. The zero-order valence-electron chi connectivity index (χ0n) is 5.92. The van der Waals surface area contributed by atoms with Crippen LogP contribution in [0.3, 0.4) is 0 Å². The minimum atomic E-state index is -0.399. The maximum Gasteiger partial charge on any atom is 0.155 e. The first-order chi connectivity index (χ1) is 4.79. The molecule has 0 aromatic heterocycles. The average molecular weight is 140 g/mol. The SMILES string of the molecule is O=C1/C=C\[C@@H](O)CCCC1. The van der Waals surface area contributed by atoms with Crippen LogP contribution < -0.4 is 0 Å². The third kappa shape index (κ3) is 2.31. The van der Waals surface area contributed by atoms with Gasteiger partial charge in [0, 0.05) is 6.42 Å². The Balaban J connectivity index is 2.50. The van der Waals surface area contributed by atoms with Crippen LogP contribution in [0.25, 0.3) is 0 Å². The molecular weight excluding hydrogens is 128 g/mol. The largest absolute Gasteiger partial charge is 0.389 e. The van der Waals surface area contributed by atoms with Crippen LogP contribution in [0, 0.1) is 0 Å².